The fourth-order valence-corrected chi connectivity index (χ4v) is 2.97. The number of pyridine rings is 2. The van der Waals surface area contributed by atoms with Gasteiger partial charge < -0.3 is 0 Å². The van der Waals surface area contributed by atoms with Crippen LogP contribution in [0.3, 0.4) is 0 Å². The Labute approximate surface area is 163 Å². The van der Waals surface area contributed by atoms with Crippen LogP contribution < -0.4 is 5.56 Å². The summed E-state index contributed by atoms with van der Waals surface area (Å²) >= 11 is 0. The van der Waals surface area contributed by atoms with Gasteiger partial charge in [0.05, 0.1) is 16.8 Å². The minimum absolute atomic E-state index is 0.225. The van der Waals surface area contributed by atoms with Gasteiger partial charge in [-0.15, -0.1) is 0 Å². The zero-order chi connectivity index (χ0) is 20.4. The van der Waals surface area contributed by atoms with Crippen LogP contribution in [0.1, 0.15) is 16.8 Å². The van der Waals surface area contributed by atoms with Crippen LogP contribution in [0.4, 0.5) is 13.2 Å². The van der Waals surface area contributed by atoms with Crippen LogP contribution in [0, 0.1) is 0 Å². The largest absolute Gasteiger partial charge is 0.416 e. The van der Waals surface area contributed by atoms with E-state index in [-0.39, 0.29) is 11.1 Å². The van der Waals surface area contributed by atoms with E-state index in [1.165, 1.54) is 16.5 Å². The van der Waals surface area contributed by atoms with Gasteiger partial charge in [0, 0.05) is 18.6 Å². The summed E-state index contributed by atoms with van der Waals surface area (Å²) in [6, 6.07) is 13.3. The van der Waals surface area contributed by atoms with E-state index in [0.717, 1.165) is 17.7 Å². The molecule has 0 radical (unpaired) electrons. The second kappa shape index (κ2) is 7.35. The van der Waals surface area contributed by atoms with Gasteiger partial charge in [0.25, 0.3) is 5.56 Å². The number of hydrogen-bond acceptors (Lipinski definition) is 3. The van der Waals surface area contributed by atoms with Crippen LogP contribution in [0.2, 0.25) is 0 Å². The average molecular weight is 393 g/mol. The Morgan fingerprint density at radius 1 is 0.931 bits per heavy atom. The Bertz CT molecular complexity index is 1240. The Morgan fingerprint density at radius 2 is 1.72 bits per heavy atom. The number of fused-ring (bicyclic) bond motifs is 1. The highest BCUT2D eigenvalue weighted by Crippen LogP contribution is 2.31. The topological polar surface area (TPSA) is 47.3 Å². The van der Waals surface area contributed by atoms with Crippen LogP contribution in [0.25, 0.3) is 28.9 Å². The molecule has 0 atom stereocenters. The predicted octanol–water partition coefficient (Wildman–Crippen LogP) is 4.95. The van der Waals surface area contributed by atoms with Gasteiger partial charge in [-0.05, 0) is 47.5 Å². The second-order valence-electron chi connectivity index (χ2n) is 6.30. The predicted molar refractivity (Wildman–Crippen MR) is 105 cm³/mol. The summed E-state index contributed by atoms with van der Waals surface area (Å²) in [5.41, 5.74) is 1.07. The van der Waals surface area contributed by atoms with Gasteiger partial charge in [0.15, 0.2) is 0 Å². The molecule has 4 aromatic rings. The number of benzene rings is 1. The molecule has 0 N–H and O–H groups in total. The molecule has 0 bridgehead atoms. The van der Waals surface area contributed by atoms with Crippen LogP contribution in [-0.2, 0) is 6.18 Å². The lowest BCUT2D eigenvalue weighted by molar-refractivity contribution is -0.137. The molecule has 3 aromatic heterocycles. The first-order valence-electron chi connectivity index (χ1n) is 8.70. The van der Waals surface area contributed by atoms with Gasteiger partial charge in [0.2, 0.25) is 0 Å². The third kappa shape index (κ3) is 3.80. The van der Waals surface area contributed by atoms with Crippen LogP contribution >= 0.6 is 0 Å². The summed E-state index contributed by atoms with van der Waals surface area (Å²) < 4.78 is 40.1. The van der Waals surface area contributed by atoms with E-state index in [1.807, 2.05) is 6.07 Å². The number of rotatable bonds is 3. The standard InChI is InChI=1S/C22H14F3N3O/c23-22(24,25)17-9-7-16(8-10-17)20-18(11-6-15-4-3-12-26-14-15)27-19-5-1-2-13-28(19)21(20)29/h1-14H/b11-6+. The Balaban J connectivity index is 1.90. The van der Waals surface area contributed by atoms with Crippen LogP contribution in [-0.4, -0.2) is 14.4 Å². The van der Waals surface area contributed by atoms with Crippen LogP contribution in [0.15, 0.2) is 78.0 Å². The van der Waals surface area contributed by atoms with E-state index in [4.69, 9.17) is 0 Å². The van der Waals surface area contributed by atoms with Crippen molar-refractivity contribution in [1.29, 1.82) is 0 Å². The SMILES string of the molecule is O=c1c(-c2ccc(C(F)(F)F)cc2)c(/C=C/c2cccnc2)nc2ccccn12. The lowest BCUT2D eigenvalue weighted by atomic mass is 10.0. The van der Waals surface area contributed by atoms with Crippen LogP contribution in [0.5, 0.6) is 0 Å². The Morgan fingerprint density at radius 3 is 2.41 bits per heavy atom. The van der Waals surface area contributed by atoms with E-state index in [9.17, 15) is 18.0 Å². The maximum absolute atomic E-state index is 13.1. The number of nitrogens with zero attached hydrogens (tertiary/aromatic N) is 3. The molecule has 0 spiro atoms. The molecule has 144 valence electrons. The fourth-order valence-electron chi connectivity index (χ4n) is 2.97. The molecule has 7 heteroatoms. The minimum atomic E-state index is -4.45. The number of aromatic nitrogens is 3. The number of hydrogen-bond donors (Lipinski definition) is 0. The van der Waals surface area contributed by atoms with Crippen molar-refractivity contribution in [2.75, 3.05) is 0 Å². The van der Waals surface area contributed by atoms with Gasteiger partial charge in [-0.1, -0.05) is 30.3 Å². The first-order chi connectivity index (χ1) is 13.9. The molecule has 1 aromatic carbocycles. The summed E-state index contributed by atoms with van der Waals surface area (Å²) in [6.07, 6.45) is 3.85. The van der Waals surface area contributed by atoms with Gasteiger partial charge in [0.1, 0.15) is 5.65 Å². The molecule has 0 aliphatic rings. The third-order valence-corrected chi connectivity index (χ3v) is 4.38. The summed E-state index contributed by atoms with van der Waals surface area (Å²) in [7, 11) is 0. The molecule has 4 rings (SSSR count). The van der Waals surface area contributed by atoms with Crippen molar-refractivity contribution in [3.63, 3.8) is 0 Å². The lowest BCUT2D eigenvalue weighted by Gasteiger charge is -2.10. The third-order valence-electron chi connectivity index (χ3n) is 4.38. The molecular formula is C22H14F3N3O. The highest BCUT2D eigenvalue weighted by Gasteiger charge is 2.30. The highest BCUT2D eigenvalue weighted by molar-refractivity contribution is 5.79. The summed E-state index contributed by atoms with van der Waals surface area (Å²) in [5, 5.41) is 0. The zero-order valence-corrected chi connectivity index (χ0v) is 15.0. The first-order valence-corrected chi connectivity index (χ1v) is 8.70. The van der Waals surface area contributed by atoms with Crippen molar-refractivity contribution < 1.29 is 13.2 Å². The van der Waals surface area contributed by atoms with E-state index in [1.54, 1.807) is 55.0 Å². The Hall–Kier alpha value is -3.74. The van der Waals surface area contributed by atoms with Crippen molar-refractivity contribution in [3.05, 3.63) is 100 Å². The molecule has 0 saturated heterocycles. The van der Waals surface area contributed by atoms with Crippen molar-refractivity contribution in [1.82, 2.24) is 14.4 Å². The molecule has 0 unspecified atom stereocenters. The molecule has 0 fully saturated rings. The monoisotopic (exact) mass is 393 g/mol. The molecular weight excluding hydrogens is 379 g/mol. The summed E-state index contributed by atoms with van der Waals surface area (Å²) in [5.74, 6) is 0. The molecule has 3 heterocycles. The van der Waals surface area contributed by atoms with Gasteiger partial charge >= 0.3 is 6.18 Å². The van der Waals surface area contributed by atoms with Crippen molar-refractivity contribution in [2.24, 2.45) is 0 Å². The van der Waals surface area contributed by atoms with E-state index in [2.05, 4.69) is 9.97 Å². The fraction of sp³-hybridized carbons (Fsp3) is 0.0455. The van der Waals surface area contributed by atoms with E-state index >= 15 is 0 Å². The van der Waals surface area contributed by atoms with Crippen molar-refractivity contribution in [2.45, 2.75) is 6.18 Å². The maximum atomic E-state index is 13.1. The molecule has 29 heavy (non-hydrogen) atoms. The van der Waals surface area contributed by atoms with E-state index < -0.39 is 11.7 Å². The highest BCUT2D eigenvalue weighted by atomic mass is 19.4. The number of halogens is 3. The van der Waals surface area contributed by atoms with Gasteiger partial charge in [-0.3, -0.25) is 14.2 Å². The Kier molecular flexibility index (Phi) is 4.72. The quantitative estimate of drug-likeness (QED) is 0.495. The zero-order valence-electron chi connectivity index (χ0n) is 15.0. The second-order valence-corrected chi connectivity index (χ2v) is 6.30. The van der Waals surface area contributed by atoms with Gasteiger partial charge in [-0.25, -0.2) is 4.98 Å². The van der Waals surface area contributed by atoms with Crippen molar-refractivity contribution in [3.8, 4) is 11.1 Å². The maximum Gasteiger partial charge on any atom is 0.416 e. The average Bonchev–Trinajstić information content (AvgIpc) is 2.73. The summed E-state index contributed by atoms with van der Waals surface area (Å²) in [6.45, 7) is 0. The number of alkyl halides is 3. The lowest BCUT2D eigenvalue weighted by Crippen LogP contribution is -2.18. The molecule has 4 nitrogen and oxygen atoms in total. The molecule has 0 aliphatic heterocycles. The normalized spacial score (nSPS) is 12.0. The summed E-state index contributed by atoms with van der Waals surface area (Å²) in [4.78, 5) is 21.7. The molecule has 0 saturated carbocycles. The first kappa shape index (κ1) is 18.6. The van der Waals surface area contributed by atoms with E-state index in [0.29, 0.717) is 16.9 Å². The van der Waals surface area contributed by atoms with Gasteiger partial charge in [-0.2, -0.15) is 13.2 Å². The molecule has 0 aliphatic carbocycles. The minimum Gasteiger partial charge on any atom is -0.268 e. The smallest absolute Gasteiger partial charge is 0.268 e. The van der Waals surface area contributed by atoms with Crippen molar-refractivity contribution >= 4 is 17.8 Å². The molecule has 0 amide bonds.